The molecular formula is C43H43F2N9O4. The molecule has 5 N–H and O–H groups in total. The Morgan fingerprint density at radius 2 is 1.64 bits per heavy atom. The van der Waals surface area contributed by atoms with Crippen molar-refractivity contribution in [3.05, 3.63) is 136 Å². The molecule has 3 aliphatic rings. The van der Waals surface area contributed by atoms with E-state index in [2.05, 4.69) is 26.1 Å². The van der Waals surface area contributed by atoms with Crippen molar-refractivity contribution in [3.8, 4) is 16.9 Å². The number of benzene rings is 3. The first-order valence-corrected chi connectivity index (χ1v) is 18.9. The summed E-state index contributed by atoms with van der Waals surface area (Å²) in [4.78, 5) is 49.0. The van der Waals surface area contributed by atoms with Gasteiger partial charge in [0.15, 0.2) is 23.0 Å². The molecule has 2 amide bonds. The van der Waals surface area contributed by atoms with Gasteiger partial charge in [-0.05, 0) is 96.4 Å². The molecule has 4 atom stereocenters. The predicted molar refractivity (Wildman–Crippen MR) is 213 cm³/mol. The van der Waals surface area contributed by atoms with Gasteiger partial charge in [0.1, 0.15) is 17.8 Å². The van der Waals surface area contributed by atoms with Crippen LogP contribution in [-0.4, -0.2) is 70.8 Å². The van der Waals surface area contributed by atoms with E-state index in [-0.39, 0.29) is 41.4 Å². The van der Waals surface area contributed by atoms with Crippen LogP contribution in [0.4, 0.5) is 8.78 Å². The summed E-state index contributed by atoms with van der Waals surface area (Å²) in [7, 11) is 3.21. The van der Waals surface area contributed by atoms with Crippen LogP contribution in [0.15, 0.2) is 106 Å². The van der Waals surface area contributed by atoms with Crippen LogP contribution in [0.1, 0.15) is 63.6 Å². The molecule has 13 nitrogen and oxygen atoms in total. The quantitative estimate of drug-likeness (QED) is 0.170. The number of guanidine groups is 2. The second-order valence-corrected chi connectivity index (χ2v) is 15.2. The van der Waals surface area contributed by atoms with E-state index < -0.39 is 17.7 Å². The number of hydrogen-bond donors (Lipinski definition) is 3. The third kappa shape index (κ3) is 6.54. The fourth-order valence-electron chi connectivity index (χ4n) is 8.62. The van der Waals surface area contributed by atoms with E-state index in [0.29, 0.717) is 53.8 Å². The van der Waals surface area contributed by atoms with Crippen molar-refractivity contribution in [1.82, 2.24) is 25.1 Å². The highest BCUT2D eigenvalue weighted by molar-refractivity contribution is 6.09. The van der Waals surface area contributed by atoms with Crippen molar-refractivity contribution in [2.24, 2.45) is 27.4 Å². The molecule has 58 heavy (non-hydrogen) atoms. The first-order chi connectivity index (χ1) is 27.8. The van der Waals surface area contributed by atoms with Gasteiger partial charge in [-0.15, -0.1) is 0 Å². The van der Waals surface area contributed by atoms with E-state index in [1.54, 1.807) is 51.8 Å². The van der Waals surface area contributed by atoms with Crippen LogP contribution in [0.3, 0.4) is 0 Å². The number of aliphatic imine (C=N–C) groups is 2. The number of ether oxygens (including phenoxy) is 1. The molecule has 0 bridgehead atoms. The molecule has 5 heterocycles. The maximum Gasteiger partial charge on any atom is 0.387 e. The monoisotopic (exact) mass is 787 g/mol. The van der Waals surface area contributed by atoms with Crippen LogP contribution >= 0.6 is 0 Å². The molecule has 2 aromatic heterocycles. The number of nitrogens with one attached hydrogen (secondary N) is 1. The molecule has 8 rings (SSSR count). The number of hydrogen-bond acceptors (Lipinski definition) is 11. The summed E-state index contributed by atoms with van der Waals surface area (Å²) in [6.07, 6.45) is 8.21. The van der Waals surface area contributed by atoms with Crippen LogP contribution in [0.25, 0.3) is 11.1 Å². The number of carbonyl (C=O) groups is 2. The second-order valence-electron chi connectivity index (χ2n) is 15.2. The Morgan fingerprint density at radius 3 is 2.33 bits per heavy atom. The smallest absolute Gasteiger partial charge is 0.387 e. The van der Waals surface area contributed by atoms with Crippen molar-refractivity contribution >= 4 is 23.7 Å². The van der Waals surface area contributed by atoms with E-state index in [0.717, 1.165) is 27.8 Å². The molecule has 0 aliphatic carbocycles. The summed E-state index contributed by atoms with van der Waals surface area (Å²) in [6.45, 7) is 1.23. The summed E-state index contributed by atoms with van der Waals surface area (Å²) >= 11 is 0. The highest BCUT2D eigenvalue weighted by Gasteiger charge is 2.55. The standard InChI is InChI=1S/C43H43F2N9O4/c1-24-12-26(16-33(13-24)43(38(56)54(4)41(47)52-43)30-7-5-6-28(18-30)29-20-48-23-49-21-29)15-27-17-36(57-22-27)34-19-32(10-11-50-34)42(37(55)53(3)40(46)51-42)31-8-9-35(25(2)14-31)58-39(44)45/h5-9,12-14,16-18,20-23,32,34,39,50H,10-11,15,19H2,1-4H3,(H2,46,51)(H2,47,52). The second kappa shape index (κ2) is 14.8. The minimum absolute atomic E-state index is 0.0266. The molecule has 3 aliphatic heterocycles. The Morgan fingerprint density at radius 1 is 0.879 bits per heavy atom. The number of nitrogens with two attached hydrogens (primary N) is 2. The normalized spacial score (nSPS) is 23.4. The molecule has 298 valence electrons. The van der Waals surface area contributed by atoms with Gasteiger partial charge >= 0.3 is 6.61 Å². The molecule has 0 spiro atoms. The van der Waals surface area contributed by atoms with E-state index in [4.69, 9.17) is 25.9 Å². The van der Waals surface area contributed by atoms with Gasteiger partial charge in [0.05, 0.1) is 12.3 Å². The van der Waals surface area contributed by atoms with Gasteiger partial charge in [-0.3, -0.25) is 19.4 Å². The molecule has 1 fully saturated rings. The topological polar surface area (TPSA) is 178 Å². The molecular weight excluding hydrogens is 745 g/mol. The van der Waals surface area contributed by atoms with Crippen molar-refractivity contribution in [1.29, 1.82) is 0 Å². The number of alkyl halides is 2. The number of piperidine rings is 1. The highest BCUT2D eigenvalue weighted by atomic mass is 19.3. The van der Waals surface area contributed by atoms with Crippen LogP contribution in [0.5, 0.6) is 5.75 Å². The zero-order valence-corrected chi connectivity index (χ0v) is 32.4. The number of carbonyl (C=O) groups excluding carboxylic acids is 2. The first-order valence-electron chi connectivity index (χ1n) is 18.9. The summed E-state index contributed by atoms with van der Waals surface area (Å²) in [5, 5.41) is 3.54. The number of aryl methyl sites for hydroxylation is 2. The zero-order valence-electron chi connectivity index (χ0n) is 32.4. The summed E-state index contributed by atoms with van der Waals surface area (Å²) in [5.41, 5.74) is 16.6. The van der Waals surface area contributed by atoms with Crippen molar-refractivity contribution in [2.75, 3.05) is 20.6 Å². The van der Waals surface area contributed by atoms with Gasteiger partial charge < -0.3 is 25.9 Å². The van der Waals surface area contributed by atoms with Crippen LogP contribution in [0, 0.1) is 19.8 Å². The lowest BCUT2D eigenvalue weighted by Gasteiger charge is -2.39. The average Bonchev–Trinajstić information content (AvgIpc) is 3.85. The van der Waals surface area contributed by atoms with E-state index in [9.17, 15) is 18.4 Å². The van der Waals surface area contributed by atoms with Crippen molar-refractivity contribution in [3.63, 3.8) is 0 Å². The Kier molecular flexibility index (Phi) is 9.79. The van der Waals surface area contributed by atoms with E-state index >= 15 is 0 Å². The Hall–Kier alpha value is -6.48. The average molecular weight is 788 g/mol. The molecule has 3 aromatic carbocycles. The van der Waals surface area contributed by atoms with Crippen LogP contribution in [0.2, 0.25) is 0 Å². The third-order valence-corrected chi connectivity index (χ3v) is 11.5. The van der Waals surface area contributed by atoms with Gasteiger partial charge in [0.25, 0.3) is 11.8 Å². The maximum atomic E-state index is 14.2. The number of likely N-dealkylation sites (N-methyl/N-ethyl adjacent to an activating group) is 2. The predicted octanol–water partition coefficient (Wildman–Crippen LogP) is 5.30. The van der Waals surface area contributed by atoms with Gasteiger partial charge in [-0.1, -0.05) is 48.0 Å². The molecule has 0 saturated carbocycles. The Bertz CT molecular complexity index is 2470. The molecule has 0 radical (unpaired) electrons. The molecule has 4 unspecified atom stereocenters. The number of amides is 2. The van der Waals surface area contributed by atoms with Crippen LogP contribution < -0.4 is 21.5 Å². The lowest BCUT2D eigenvalue weighted by Crippen LogP contribution is -2.48. The summed E-state index contributed by atoms with van der Waals surface area (Å²) in [6, 6.07) is 20.2. The minimum atomic E-state index is -2.98. The SMILES string of the molecule is Cc1cc(Cc2coc(C3CC(C4(c5ccc(OC(F)F)c(C)c5)N=C(N)N(C)C4=O)CCN3)c2)cc(C2(c3cccc(-c4cncnc4)c3)N=C(N)N(C)C2=O)c1. The number of nitrogens with zero attached hydrogens (tertiary/aromatic N) is 6. The summed E-state index contributed by atoms with van der Waals surface area (Å²) < 4.78 is 37.0. The van der Waals surface area contributed by atoms with Crippen LogP contribution in [-0.2, 0) is 27.1 Å². The number of aromatic nitrogens is 2. The highest BCUT2D eigenvalue weighted by Crippen LogP contribution is 2.47. The maximum absolute atomic E-state index is 14.2. The lowest BCUT2D eigenvalue weighted by molar-refractivity contribution is -0.133. The van der Waals surface area contributed by atoms with Gasteiger partial charge in [-0.25, -0.2) is 20.0 Å². The fourth-order valence-corrected chi connectivity index (χ4v) is 8.62. The zero-order chi connectivity index (χ0) is 40.9. The van der Waals surface area contributed by atoms with E-state index in [1.807, 2.05) is 49.4 Å². The van der Waals surface area contributed by atoms with Gasteiger partial charge in [0, 0.05) is 44.4 Å². The Labute approximate surface area is 333 Å². The number of furan rings is 1. The van der Waals surface area contributed by atoms with Crippen molar-refractivity contribution in [2.45, 2.75) is 56.8 Å². The Balaban J connectivity index is 1.08. The lowest BCUT2D eigenvalue weighted by atomic mass is 9.71. The molecule has 1 saturated heterocycles. The van der Waals surface area contributed by atoms with Crippen molar-refractivity contribution < 1.29 is 27.5 Å². The largest absolute Gasteiger partial charge is 0.467 e. The molecule has 5 aromatic rings. The summed E-state index contributed by atoms with van der Waals surface area (Å²) in [5.74, 6) is 0.0658. The van der Waals surface area contributed by atoms with Gasteiger partial charge in [0.2, 0.25) is 0 Å². The van der Waals surface area contributed by atoms with E-state index in [1.165, 1.54) is 22.2 Å². The molecule has 15 heteroatoms. The number of halogens is 2. The minimum Gasteiger partial charge on any atom is -0.467 e. The first kappa shape index (κ1) is 38.4. The third-order valence-electron chi connectivity index (χ3n) is 11.5. The fraction of sp³-hybridized carbons (Fsp3) is 0.302. The van der Waals surface area contributed by atoms with Gasteiger partial charge in [-0.2, -0.15) is 8.78 Å². The number of rotatable bonds is 10.